The van der Waals surface area contributed by atoms with Gasteiger partial charge in [0, 0.05) is 6.07 Å². The third kappa shape index (κ3) is 2.24. The molecule has 1 rings (SSSR count). The Labute approximate surface area is 85.7 Å². The molecule has 14 heavy (non-hydrogen) atoms. The van der Waals surface area contributed by atoms with Gasteiger partial charge in [0.05, 0.1) is 22.3 Å². The van der Waals surface area contributed by atoms with E-state index >= 15 is 0 Å². The Morgan fingerprint density at radius 1 is 1.64 bits per heavy atom. The van der Waals surface area contributed by atoms with E-state index in [1.165, 1.54) is 17.8 Å². The van der Waals surface area contributed by atoms with Gasteiger partial charge in [-0.15, -0.1) is 11.8 Å². The zero-order valence-corrected chi connectivity index (χ0v) is 8.37. The van der Waals surface area contributed by atoms with Crippen LogP contribution in [0.1, 0.15) is 5.56 Å². The van der Waals surface area contributed by atoms with Gasteiger partial charge in [0.1, 0.15) is 0 Å². The fourth-order valence-electron chi connectivity index (χ4n) is 1.08. The molecule has 0 saturated carbocycles. The molecule has 0 heterocycles. The predicted octanol–water partition coefficient (Wildman–Crippen LogP) is 2.38. The summed E-state index contributed by atoms with van der Waals surface area (Å²) in [7, 11) is 0. The maximum Gasteiger partial charge on any atom is 0.283 e. The van der Waals surface area contributed by atoms with Gasteiger partial charge in [-0.05, 0) is 17.9 Å². The summed E-state index contributed by atoms with van der Waals surface area (Å²) < 4.78 is 0. The van der Waals surface area contributed by atoms with Crippen molar-refractivity contribution in [2.45, 2.75) is 11.3 Å². The van der Waals surface area contributed by atoms with E-state index in [9.17, 15) is 10.1 Å². The van der Waals surface area contributed by atoms with Crippen molar-refractivity contribution in [3.63, 3.8) is 0 Å². The molecule has 0 N–H and O–H groups in total. The summed E-state index contributed by atoms with van der Waals surface area (Å²) >= 11 is 1.33. The first kappa shape index (κ1) is 10.5. The molecule has 0 fully saturated rings. The highest BCUT2D eigenvalue weighted by atomic mass is 32.2. The molecule has 5 heteroatoms. The first-order valence-corrected chi connectivity index (χ1v) is 5.09. The van der Waals surface area contributed by atoms with Crippen LogP contribution in [0.5, 0.6) is 0 Å². The summed E-state index contributed by atoms with van der Waals surface area (Å²) in [4.78, 5) is 10.8. The molecular formula is C9H8N2O2S. The van der Waals surface area contributed by atoms with E-state index in [0.29, 0.717) is 10.5 Å². The van der Waals surface area contributed by atoms with E-state index in [0.717, 1.165) is 0 Å². The van der Waals surface area contributed by atoms with Gasteiger partial charge >= 0.3 is 0 Å². The Balaban J connectivity index is 3.15. The van der Waals surface area contributed by atoms with Crippen molar-refractivity contribution in [3.8, 4) is 6.07 Å². The van der Waals surface area contributed by atoms with E-state index < -0.39 is 4.92 Å². The van der Waals surface area contributed by atoms with Crippen molar-refractivity contribution in [2.24, 2.45) is 0 Å². The SMILES string of the molecule is CSc1ccc(CC#N)cc1[N+](=O)[O-]. The largest absolute Gasteiger partial charge is 0.283 e. The second-order valence-corrected chi connectivity index (χ2v) is 3.45. The molecule has 0 amide bonds. The Morgan fingerprint density at radius 3 is 2.86 bits per heavy atom. The average molecular weight is 208 g/mol. The van der Waals surface area contributed by atoms with Crippen LogP contribution in [0, 0.1) is 21.4 Å². The van der Waals surface area contributed by atoms with Gasteiger partial charge in [0.15, 0.2) is 0 Å². The fraction of sp³-hybridized carbons (Fsp3) is 0.222. The smallest absolute Gasteiger partial charge is 0.258 e. The molecular weight excluding hydrogens is 200 g/mol. The summed E-state index contributed by atoms with van der Waals surface area (Å²) in [6.45, 7) is 0. The monoisotopic (exact) mass is 208 g/mol. The van der Waals surface area contributed by atoms with Crippen molar-refractivity contribution >= 4 is 17.4 Å². The molecule has 0 aliphatic carbocycles. The van der Waals surface area contributed by atoms with Gasteiger partial charge in [-0.3, -0.25) is 10.1 Å². The minimum Gasteiger partial charge on any atom is -0.258 e. The maximum atomic E-state index is 10.6. The molecule has 1 aromatic carbocycles. The van der Waals surface area contributed by atoms with Crippen molar-refractivity contribution < 1.29 is 4.92 Å². The van der Waals surface area contributed by atoms with Crippen molar-refractivity contribution in [1.29, 1.82) is 5.26 Å². The molecule has 0 aliphatic heterocycles. The predicted molar refractivity (Wildman–Crippen MR) is 54.2 cm³/mol. The molecule has 0 bridgehead atoms. The van der Waals surface area contributed by atoms with Crippen molar-refractivity contribution in [3.05, 3.63) is 33.9 Å². The lowest BCUT2D eigenvalue weighted by Gasteiger charge is -2.00. The molecule has 0 radical (unpaired) electrons. The van der Waals surface area contributed by atoms with Crippen molar-refractivity contribution in [1.82, 2.24) is 0 Å². The van der Waals surface area contributed by atoms with Crippen LogP contribution in [-0.4, -0.2) is 11.2 Å². The molecule has 0 aromatic heterocycles. The Kier molecular flexibility index (Phi) is 3.48. The third-order valence-corrected chi connectivity index (χ3v) is 2.51. The highest BCUT2D eigenvalue weighted by Gasteiger charge is 2.13. The topological polar surface area (TPSA) is 66.9 Å². The number of nitriles is 1. The minimum atomic E-state index is -0.424. The molecule has 72 valence electrons. The first-order valence-electron chi connectivity index (χ1n) is 3.87. The third-order valence-electron chi connectivity index (χ3n) is 1.72. The molecule has 0 spiro atoms. The van der Waals surface area contributed by atoms with Crippen LogP contribution in [0.25, 0.3) is 0 Å². The number of hydrogen-bond acceptors (Lipinski definition) is 4. The lowest BCUT2D eigenvalue weighted by Crippen LogP contribution is -1.92. The zero-order chi connectivity index (χ0) is 10.6. The number of nitro groups is 1. The number of thioether (sulfide) groups is 1. The summed E-state index contributed by atoms with van der Waals surface area (Å²) in [6.07, 6.45) is 1.99. The highest BCUT2D eigenvalue weighted by Crippen LogP contribution is 2.28. The normalized spacial score (nSPS) is 9.43. The van der Waals surface area contributed by atoms with E-state index in [1.54, 1.807) is 18.4 Å². The first-order chi connectivity index (χ1) is 6.69. The Hall–Kier alpha value is -1.54. The fourth-order valence-corrected chi connectivity index (χ4v) is 1.63. The van der Waals surface area contributed by atoms with E-state index in [1.807, 2.05) is 6.07 Å². The molecule has 1 aromatic rings. The van der Waals surface area contributed by atoms with Gasteiger partial charge < -0.3 is 0 Å². The second-order valence-electron chi connectivity index (χ2n) is 2.60. The van der Waals surface area contributed by atoms with Gasteiger partial charge in [-0.25, -0.2) is 0 Å². The lowest BCUT2D eigenvalue weighted by atomic mass is 10.1. The Bertz CT molecular complexity index is 398. The number of benzene rings is 1. The van der Waals surface area contributed by atoms with Crippen LogP contribution in [-0.2, 0) is 6.42 Å². The molecule has 0 unspecified atom stereocenters. The summed E-state index contributed by atoms with van der Waals surface area (Å²) in [5.41, 5.74) is 0.752. The molecule has 0 saturated heterocycles. The van der Waals surface area contributed by atoms with Gasteiger partial charge in [0.25, 0.3) is 5.69 Å². The van der Waals surface area contributed by atoms with E-state index in [-0.39, 0.29) is 12.1 Å². The number of hydrogen-bond donors (Lipinski definition) is 0. The average Bonchev–Trinajstić information content (AvgIpc) is 2.18. The maximum absolute atomic E-state index is 10.6. The summed E-state index contributed by atoms with van der Waals surface area (Å²) in [5.74, 6) is 0. The van der Waals surface area contributed by atoms with Crippen LogP contribution in [0.2, 0.25) is 0 Å². The van der Waals surface area contributed by atoms with Crippen LogP contribution in [0.3, 0.4) is 0 Å². The Morgan fingerprint density at radius 2 is 2.36 bits per heavy atom. The van der Waals surface area contributed by atoms with Crippen LogP contribution in [0.15, 0.2) is 23.1 Å². The molecule has 0 aliphatic rings. The van der Waals surface area contributed by atoms with Crippen molar-refractivity contribution in [2.75, 3.05) is 6.26 Å². The summed E-state index contributed by atoms with van der Waals surface area (Å²) in [5, 5.41) is 19.1. The minimum absolute atomic E-state index is 0.0743. The summed E-state index contributed by atoms with van der Waals surface area (Å²) in [6, 6.07) is 6.83. The molecule has 0 atom stereocenters. The van der Waals surface area contributed by atoms with Crippen LogP contribution in [0.4, 0.5) is 5.69 Å². The number of rotatable bonds is 3. The quantitative estimate of drug-likeness (QED) is 0.434. The number of nitro benzene ring substituents is 1. The van der Waals surface area contributed by atoms with Crippen LogP contribution < -0.4 is 0 Å². The number of nitrogens with zero attached hydrogens (tertiary/aromatic N) is 2. The lowest BCUT2D eigenvalue weighted by molar-refractivity contribution is -0.387. The standard InChI is InChI=1S/C9H8N2O2S/c1-14-9-3-2-7(4-5-10)6-8(9)11(12)13/h2-3,6H,4H2,1H3. The van der Waals surface area contributed by atoms with Gasteiger partial charge in [-0.1, -0.05) is 6.07 Å². The molecule has 4 nitrogen and oxygen atoms in total. The van der Waals surface area contributed by atoms with E-state index in [2.05, 4.69) is 0 Å². The second kappa shape index (κ2) is 4.63. The zero-order valence-electron chi connectivity index (χ0n) is 7.56. The van der Waals surface area contributed by atoms with Gasteiger partial charge in [0.2, 0.25) is 0 Å². The van der Waals surface area contributed by atoms with E-state index in [4.69, 9.17) is 5.26 Å². The highest BCUT2D eigenvalue weighted by molar-refractivity contribution is 7.98. The van der Waals surface area contributed by atoms with Gasteiger partial charge in [-0.2, -0.15) is 5.26 Å². The van der Waals surface area contributed by atoms with Crippen LogP contribution >= 0.6 is 11.8 Å².